The molecular weight excluding hydrogens is 412 g/mol. The van der Waals surface area contributed by atoms with Crippen molar-refractivity contribution >= 4 is 28.2 Å². The van der Waals surface area contributed by atoms with Crippen molar-refractivity contribution in [3.8, 4) is 11.3 Å². The molecule has 7 nitrogen and oxygen atoms in total. The normalized spacial score (nSPS) is 15.9. The van der Waals surface area contributed by atoms with Crippen LogP contribution in [0.2, 0.25) is 0 Å². The number of carbonyl (C=O) groups is 1. The van der Waals surface area contributed by atoms with E-state index in [1.54, 1.807) is 18.3 Å². The third-order valence-electron chi connectivity index (χ3n) is 6.04. The van der Waals surface area contributed by atoms with Crippen LogP contribution in [-0.2, 0) is 0 Å². The highest BCUT2D eigenvalue weighted by Gasteiger charge is 2.29. The van der Waals surface area contributed by atoms with Crippen molar-refractivity contribution in [3.05, 3.63) is 90.0 Å². The molecule has 5 rings (SSSR count). The van der Waals surface area contributed by atoms with Crippen LogP contribution >= 0.6 is 0 Å². The van der Waals surface area contributed by atoms with Gasteiger partial charge in [0.15, 0.2) is 11.5 Å². The molecule has 1 amide bonds. The number of aromatic nitrogens is 3. The van der Waals surface area contributed by atoms with Gasteiger partial charge in [-0.25, -0.2) is 4.85 Å². The van der Waals surface area contributed by atoms with Crippen LogP contribution in [0.1, 0.15) is 17.3 Å². The van der Waals surface area contributed by atoms with Gasteiger partial charge in [-0.3, -0.25) is 9.78 Å². The molecule has 0 spiro atoms. The quantitative estimate of drug-likeness (QED) is 0.441. The first kappa shape index (κ1) is 20.6. The third kappa shape index (κ3) is 3.87. The average molecular weight is 435 g/mol. The molecule has 4 aromatic rings. The smallest absolute Gasteiger partial charge is 0.253 e. The number of hydrogen-bond acceptors (Lipinski definition) is 5. The van der Waals surface area contributed by atoms with Crippen molar-refractivity contribution in [2.24, 2.45) is 0 Å². The molecule has 2 aromatic heterocycles. The second-order valence-corrected chi connectivity index (χ2v) is 8.11. The first-order valence-electron chi connectivity index (χ1n) is 10.8. The van der Waals surface area contributed by atoms with Gasteiger partial charge in [0, 0.05) is 60.0 Å². The summed E-state index contributed by atoms with van der Waals surface area (Å²) in [6.07, 6.45) is 3.58. The Balaban J connectivity index is 1.45. The number of hydrogen-bond donors (Lipinski definition) is 0. The van der Waals surface area contributed by atoms with Crippen molar-refractivity contribution in [3.63, 3.8) is 0 Å². The summed E-state index contributed by atoms with van der Waals surface area (Å²) in [6, 6.07) is 18.8. The predicted octanol–water partition coefficient (Wildman–Crippen LogP) is 4.59. The standard InChI is InChI=1S/C26H22N6O/c1-18-17-31(26(33)20-6-4-3-5-7-20)14-15-32(18)25-23-16-28-13-12-22(23)24(29-30-25)19-8-10-21(27-2)11-9-19/h3-13,16,18H,14-15,17H2,1H3/t18-/m1/s1. The van der Waals surface area contributed by atoms with E-state index >= 15 is 0 Å². The summed E-state index contributed by atoms with van der Waals surface area (Å²) >= 11 is 0. The fraction of sp³-hybridized carbons (Fsp3) is 0.192. The van der Waals surface area contributed by atoms with E-state index in [1.165, 1.54) is 0 Å². The van der Waals surface area contributed by atoms with Crippen LogP contribution < -0.4 is 4.90 Å². The Kier molecular flexibility index (Phi) is 5.41. The molecule has 0 radical (unpaired) electrons. The summed E-state index contributed by atoms with van der Waals surface area (Å²) in [5, 5.41) is 11.0. The van der Waals surface area contributed by atoms with Crippen molar-refractivity contribution < 1.29 is 4.79 Å². The minimum absolute atomic E-state index is 0.0536. The highest BCUT2D eigenvalue weighted by molar-refractivity contribution is 6.00. The van der Waals surface area contributed by atoms with Gasteiger partial charge in [-0.15, -0.1) is 10.2 Å². The molecule has 1 aliphatic rings. The Morgan fingerprint density at radius 1 is 1.00 bits per heavy atom. The molecule has 1 atom stereocenters. The van der Waals surface area contributed by atoms with E-state index < -0.39 is 0 Å². The largest absolute Gasteiger partial charge is 0.348 e. The number of carbonyl (C=O) groups excluding carboxylic acids is 1. The molecule has 1 aliphatic heterocycles. The summed E-state index contributed by atoms with van der Waals surface area (Å²) < 4.78 is 0. The SMILES string of the molecule is [C-]#[N+]c1ccc(-c2nnc(N3CCN(C(=O)c4ccccc4)C[C@H]3C)c3cnccc23)cc1. The van der Waals surface area contributed by atoms with E-state index in [2.05, 4.69) is 31.9 Å². The van der Waals surface area contributed by atoms with Gasteiger partial charge in [0.2, 0.25) is 0 Å². The van der Waals surface area contributed by atoms with Gasteiger partial charge in [0.25, 0.3) is 5.91 Å². The maximum atomic E-state index is 12.9. The molecule has 0 N–H and O–H groups in total. The molecule has 0 aliphatic carbocycles. The molecule has 3 heterocycles. The van der Waals surface area contributed by atoms with Gasteiger partial charge >= 0.3 is 0 Å². The summed E-state index contributed by atoms with van der Waals surface area (Å²) in [5.41, 5.74) is 2.97. The fourth-order valence-electron chi connectivity index (χ4n) is 4.32. The maximum Gasteiger partial charge on any atom is 0.253 e. The summed E-state index contributed by atoms with van der Waals surface area (Å²) in [7, 11) is 0. The van der Waals surface area contributed by atoms with Crippen molar-refractivity contribution in [1.82, 2.24) is 20.1 Å². The molecule has 2 aromatic carbocycles. The molecular formula is C26H22N6O. The van der Waals surface area contributed by atoms with Crippen molar-refractivity contribution in [1.29, 1.82) is 0 Å². The lowest BCUT2D eigenvalue weighted by Crippen LogP contribution is -2.54. The van der Waals surface area contributed by atoms with Crippen LogP contribution in [0.15, 0.2) is 73.1 Å². The Morgan fingerprint density at radius 3 is 2.52 bits per heavy atom. The van der Waals surface area contributed by atoms with E-state index in [-0.39, 0.29) is 11.9 Å². The number of pyridine rings is 1. The van der Waals surface area contributed by atoms with Gasteiger partial charge in [-0.05, 0) is 25.1 Å². The van der Waals surface area contributed by atoms with Gasteiger partial charge in [-0.2, -0.15) is 0 Å². The van der Waals surface area contributed by atoms with Crippen LogP contribution in [-0.4, -0.2) is 51.7 Å². The highest BCUT2D eigenvalue weighted by Crippen LogP contribution is 2.33. The predicted molar refractivity (Wildman–Crippen MR) is 128 cm³/mol. The minimum atomic E-state index is 0.0536. The van der Waals surface area contributed by atoms with Crippen LogP contribution in [0.3, 0.4) is 0 Å². The van der Waals surface area contributed by atoms with Crippen LogP contribution in [0.5, 0.6) is 0 Å². The lowest BCUT2D eigenvalue weighted by molar-refractivity contribution is 0.0726. The first-order valence-corrected chi connectivity index (χ1v) is 10.8. The van der Waals surface area contributed by atoms with E-state index in [0.717, 1.165) is 27.8 Å². The molecule has 33 heavy (non-hydrogen) atoms. The van der Waals surface area contributed by atoms with Gasteiger partial charge in [0.1, 0.15) is 5.69 Å². The van der Waals surface area contributed by atoms with Crippen molar-refractivity contribution in [2.75, 3.05) is 24.5 Å². The lowest BCUT2D eigenvalue weighted by atomic mass is 10.0. The molecule has 0 unspecified atom stereocenters. The average Bonchev–Trinajstić information content (AvgIpc) is 2.88. The molecule has 7 heteroatoms. The number of benzene rings is 2. The number of piperazine rings is 1. The zero-order valence-corrected chi connectivity index (χ0v) is 18.2. The number of nitrogens with zero attached hydrogens (tertiary/aromatic N) is 6. The summed E-state index contributed by atoms with van der Waals surface area (Å²) in [5.74, 6) is 0.830. The van der Waals surface area contributed by atoms with Gasteiger partial charge in [-0.1, -0.05) is 42.5 Å². The topological polar surface area (TPSA) is 66.6 Å². The monoisotopic (exact) mass is 434 g/mol. The minimum Gasteiger partial charge on any atom is -0.348 e. The Hall–Kier alpha value is -4.31. The van der Waals surface area contributed by atoms with Crippen LogP contribution in [0.25, 0.3) is 26.9 Å². The number of amides is 1. The van der Waals surface area contributed by atoms with Gasteiger partial charge < -0.3 is 9.80 Å². The molecule has 162 valence electrons. The summed E-state index contributed by atoms with van der Waals surface area (Å²) in [6.45, 7) is 11.1. The Morgan fingerprint density at radius 2 is 1.79 bits per heavy atom. The molecule has 0 saturated carbocycles. The van der Waals surface area contributed by atoms with Crippen molar-refractivity contribution in [2.45, 2.75) is 13.0 Å². The molecule has 1 saturated heterocycles. The highest BCUT2D eigenvalue weighted by atomic mass is 16.2. The second kappa shape index (κ2) is 8.67. The number of rotatable bonds is 3. The fourth-order valence-corrected chi connectivity index (χ4v) is 4.32. The second-order valence-electron chi connectivity index (χ2n) is 8.11. The van der Waals surface area contributed by atoms with Gasteiger partial charge in [0.05, 0.1) is 6.57 Å². The maximum absolute atomic E-state index is 12.9. The van der Waals surface area contributed by atoms with E-state index in [1.807, 2.05) is 59.6 Å². The Bertz CT molecular complexity index is 1350. The summed E-state index contributed by atoms with van der Waals surface area (Å²) in [4.78, 5) is 24.8. The molecule has 0 bridgehead atoms. The lowest BCUT2D eigenvalue weighted by Gasteiger charge is -2.40. The number of fused-ring (bicyclic) bond motifs is 1. The van der Waals surface area contributed by atoms with Crippen LogP contribution in [0.4, 0.5) is 11.5 Å². The number of anilines is 1. The third-order valence-corrected chi connectivity index (χ3v) is 6.04. The first-order chi connectivity index (χ1) is 16.2. The Labute approximate surface area is 192 Å². The van der Waals surface area contributed by atoms with Crippen LogP contribution in [0, 0.1) is 6.57 Å². The van der Waals surface area contributed by atoms with E-state index in [4.69, 9.17) is 6.57 Å². The molecule has 1 fully saturated rings. The van der Waals surface area contributed by atoms with E-state index in [9.17, 15) is 4.79 Å². The zero-order chi connectivity index (χ0) is 22.8. The van der Waals surface area contributed by atoms with E-state index in [0.29, 0.717) is 30.9 Å². The zero-order valence-electron chi connectivity index (χ0n) is 18.2.